The van der Waals surface area contributed by atoms with Gasteiger partial charge in [-0.05, 0) is 12.1 Å². The summed E-state index contributed by atoms with van der Waals surface area (Å²) in [5.41, 5.74) is 14.1. The van der Waals surface area contributed by atoms with Crippen molar-refractivity contribution in [3.8, 4) is 11.3 Å². The molecule has 100 valence electrons. The van der Waals surface area contributed by atoms with Crippen LogP contribution in [-0.4, -0.2) is 9.97 Å². The lowest BCUT2D eigenvalue weighted by Gasteiger charge is -2.17. The van der Waals surface area contributed by atoms with Crippen molar-refractivity contribution in [2.75, 3.05) is 17.2 Å². The second-order valence-corrected chi connectivity index (χ2v) is 3.78. The van der Waals surface area contributed by atoms with Gasteiger partial charge in [0, 0.05) is 18.0 Å². The van der Waals surface area contributed by atoms with Gasteiger partial charge in [-0.25, -0.2) is 4.98 Å². The number of halogens is 3. The monoisotopic (exact) mass is 269 g/mol. The summed E-state index contributed by atoms with van der Waals surface area (Å²) in [6.07, 6.45) is -1.99. The van der Waals surface area contributed by atoms with Crippen LogP contribution in [0.25, 0.3) is 11.3 Å². The molecule has 0 aliphatic rings. The Bertz CT molecular complexity index is 610. The molecule has 6 N–H and O–H groups in total. The van der Waals surface area contributed by atoms with Crippen molar-refractivity contribution < 1.29 is 13.2 Å². The van der Waals surface area contributed by atoms with Crippen LogP contribution < -0.4 is 17.2 Å². The number of nitrogen functional groups attached to an aromatic ring is 3. The maximum Gasteiger partial charge on any atom is 0.420 e. The maximum absolute atomic E-state index is 13.1. The zero-order valence-electron chi connectivity index (χ0n) is 9.57. The lowest BCUT2D eigenvalue weighted by molar-refractivity contribution is -0.136. The minimum Gasteiger partial charge on any atom is -0.396 e. The van der Waals surface area contributed by atoms with Crippen molar-refractivity contribution in [3.63, 3.8) is 0 Å². The highest BCUT2D eigenvalue weighted by atomic mass is 19.4. The normalized spacial score (nSPS) is 11.5. The van der Waals surface area contributed by atoms with E-state index in [0.29, 0.717) is 0 Å². The number of aromatic nitrogens is 2. The number of nitrogens with two attached hydrogens (primary N) is 3. The van der Waals surface area contributed by atoms with E-state index in [9.17, 15) is 13.2 Å². The predicted molar refractivity (Wildman–Crippen MR) is 65.7 cm³/mol. The Kier molecular flexibility index (Phi) is 2.93. The van der Waals surface area contributed by atoms with E-state index in [1.807, 2.05) is 0 Å². The molecule has 0 aliphatic heterocycles. The quantitative estimate of drug-likeness (QED) is 0.733. The second kappa shape index (κ2) is 4.30. The molecule has 0 spiro atoms. The van der Waals surface area contributed by atoms with Gasteiger partial charge in [-0.1, -0.05) is 0 Å². The molecule has 0 saturated heterocycles. The highest BCUT2D eigenvalue weighted by Gasteiger charge is 2.38. The molecular formula is C11H10F3N5. The Hall–Kier alpha value is -2.51. The van der Waals surface area contributed by atoms with Gasteiger partial charge in [0.15, 0.2) is 0 Å². The van der Waals surface area contributed by atoms with Crippen LogP contribution in [0.15, 0.2) is 24.5 Å². The molecule has 2 aromatic rings. The molecule has 0 aromatic carbocycles. The van der Waals surface area contributed by atoms with Crippen molar-refractivity contribution in [2.24, 2.45) is 0 Å². The molecular weight excluding hydrogens is 259 g/mol. The van der Waals surface area contributed by atoms with Gasteiger partial charge in [0.05, 0.1) is 17.1 Å². The molecule has 19 heavy (non-hydrogen) atoms. The highest BCUT2D eigenvalue weighted by Crippen LogP contribution is 2.43. The zero-order valence-corrected chi connectivity index (χ0v) is 9.57. The van der Waals surface area contributed by atoms with E-state index in [0.717, 1.165) is 0 Å². The minimum absolute atomic E-state index is 0.209. The average Bonchev–Trinajstić information content (AvgIpc) is 2.35. The topological polar surface area (TPSA) is 104 Å². The van der Waals surface area contributed by atoms with Crippen molar-refractivity contribution in [1.29, 1.82) is 0 Å². The van der Waals surface area contributed by atoms with Crippen LogP contribution in [0.1, 0.15) is 5.56 Å². The van der Waals surface area contributed by atoms with E-state index in [1.165, 1.54) is 24.5 Å². The molecule has 8 heteroatoms. The van der Waals surface area contributed by atoms with Crippen molar-refractivity contribution >= 4 is 17.2 Å². The Labute approximate surface area is 106 Å². The van der Waals surface area contributed by atoms with Crippen LogP contribution in [0.3, 0.4) is 0 Å². The van der Waals surface area contributed by atoms with Gasteiger partial charge in [0.2, 0.25) is 0 Å². The molecule has 0 aliphatic carbocycles. The van der Waals surface area contributed by atoms with Gasteiger partial charge in [-0.2, -0.15) is 13.2 Å². The van der Waals surface area contributed by atoms with Gasteiger partial charge in [-0.15, -0.1) is 0 Å². The minimum atomic E-state index is -4.68. The molecule has 0 saturated carbocycles. The third-order valence-electron chi connectivity index (χ3n) is 2.54. The summed E-state index contributed by atoms with van der Waals surface area (Å²) in [6.45, 7) is 0. The number of alkyl halides is 3. The summed E-state index contributed by atoms with van der Waals surface area (Å²) >= 11 is 0. The maximum atomic E-state index is 13.1. The molecule has 2 aromatic heterocycles. The van der Waals surface area contributed by atoms with E-state index in [4.69, 9.17) is 17.2 Å². The lowest BCUT2D eigenvalue weighted by Crippen LogP contribution is -2.16. The molecule has 2 rings (SSSR count). The van der Waals surface area contributed by atoms with Crippen LogP contribution in [0.5, 0.6) is 0 Å². The van der Waals surface area contributed by atoms with E-state index in [-0.39, 0.29) is 22.8 Å². The summed E-state index contributed by atoms with van der Waals surface area (Å²) in [5, 5.41) is 0. The third kappa shape index (κ3) is 2.24. The van der Waals surface area contributed by atoms with Gasteiger partial charge in [-0.3, -0.25) is 4.98 Å². The van der Waals surface area contributed by atoms with Gasteiger partial charge in [0.25, 0.3) is 0 Å². The first-order chi connectivity index (χ1) is 8.82. The van der Waals surface area contributed by atoms with Crippen LogP contribution in [0.2, 0.25) is 0 Å². The Balaban J connectivity index is 2.81. The first-order valence-electron chi connectivity index (χ1n) is 5.14. The van der Waals surface area contributed by atoms with E-state index in [2.05, 4.69) is 9.97 Å². The highest BCUT2D eigenvalue weighted by molar-refractivity contribution is 5.84. The Morgan fingerprint density at radius 1 is 0.947 bits per heavy atom. The number of hydrogen-bond acceptors (Lipinski definition) is 5. The number of nitrogens with zero attached hydrogens (tertiary/aromatic N) is 2. The fourth-order valence-electron chi connectivity index (χ4n) is 1.64. The van der Waals surface area contributed by atoms with Crippen molar-refractivity contribution in [3.05, 3.63) is 30.1 Å². The lowest BCUT2D eigenvalue weighted by atomic mass is 10.0. The second-order valence-electron chi connectivity index (χ2n) is 3.78. The SMILES string of the molecule is Nc1nc(-c2ccncc2)c(C(F)(F)F)c(N)c1N. The fraction of sp³-hybridized carbons (Fsp3) is 0.0909. The predicted octanol–water partition coefficient (Wildman–Crippen LogP) is 1.91. The summed E-state index contributed by atoms with van der Waals surface area (Å²) in [7, 11) is 0. The number of hydrogen-bond donors (Lipinski definition) is 3. The van der Waals surface area contributed by atoms with Gasteiger partial charge >= 0.3 is 6.18 Å². The van der Waals surface area contributed by atoms with E-state index < -0.39 is 17.4 Å². The summed E-state index contributed by atoms with van der Waals surface area (Å²) in [4.78, 5) is 7.42. The van der Waals surface area contributed by atoms with Crippen LogP contribution in [0.4, 0.5) is 30.4 Å². The molecule has 0 radical (unpaired) electrons. The average molecular weight is 269 g/mol. The molecule has 0 fully saturated rings. The van der Waals surface area contributed by atoms with Gasteiger partial charge < -0.3 is 17.2 Å². The molecule has 0 unspecified atom stereocenters. The number of anilines is 3. The molecule has 5 nitrogen and oxygen atoms in total. The Morgan fingerprint density at radius 2 is 1.53 bits per heavy atom. The number of rotatable bonds is 1. The molecule has 0 amide bonds. The fourth-order valence-corrected chi connectivity index (χ4v) is 1.64. The van der Waals surface area contributed by atoms with Crippen molar-refractivity contribution in [1.82, 2.24) is 9.97 Å². The molecule has 2 heterocycles. The largest absolute Gasteiger partial charge is 0.420 e. The first-order valence-corrected chi connectivity index (χ1v) is 5.14. The summed E-state index contributed by atoms with van der Waals surface area (Å²) in [5.74, 6) is -0.239. The number of pyridine rings is 2. The van der Waals surface area contributed by atoms with Crippen LogP contribution >= 0.6 is 0 Å². The van der Waals surface area contributed by atoms with Crippen LogP contribution in [0, 0.1) is 0 Å². The van der Waals surface area contributed by atoms with E-state index in [1.54, 1.807) is 0 Å². The molecule has 0 atom stereocenters. The first kappa shape index (κ1) is 12.9. The third-order valence-corrected chi connectivity index (χ3v) is 2.54. The standard InChI is InChI=1S/C11H10F3N5/c12-11(13,14)6-7(15)8(16)10(17)19-9(6)5-1-3-18-4-2-5/h1-4H,16H2,(H4,15,17,19). The smallest absolute Gasteiger partial charge is 0.396 e. The van der Waals surface area contributed by atoms with Gasteiger partial charge in [0.1, 0.15) is 11.4 Å². The Morgan fingerprint density at radius 3 is 2.05 bits per heavy atom. The molecule has 0 bridgehead atoms. The van der Waals surface area contributed by atoms with E-state index >= 15 is 0 Å². The summed E-state index contributed by atoms with van der Waals surface area (Å²) in [6, 6.07) is 2.76. The van der Waals surface area contributed by atoms with Crippen molar-refractivity contribution in [2.45, 2.75) is 6.18 Å². The van der Waals surface area contributed by atoms with Crippen LogP contribution in [-0.2, 0) is 6.18 Å². The zero-order chi connectivity index (χ0) is 14.2. The summed E-state index contributed by atoms with van der Waals surface area (Å²) < 4.78 is 39.2.